The van der Waals surface area contributed by atoms with Gasteiger partial charge in [-0.25, -0.2) is 9.78 Å². The number of fused-ring (bicyclic) bond motifs is 3. The molecule has 8 nitrogen and oxygen atoms in total. The summed E-state index contributed by atoms with van der Waals surface area (Å²) in [5.74, 6) is 0.162. The van der Waals surface area contributed by atoms with Crippen molar-refractivity contribution >= 4 is 23.2 Å². The minimum absolute atomic E-state index is 0.0339. The van der Waals surface area contributed by atoms with Crippen LogP contribution in [0.5, 0.6) is 0 Å². The van der Waals surface area contributed by atoms with Crippen molar-refractivity contribution in [2.75, 3.05) is 19.7 Å². The third kappa shape index (κ3) is 2.84. The van der Waals surface area contributed by atoms with Crippen molar-refractivity contribution < 1.29 is 19.4 Å². The zero-order chi connectivity index (χ0) is 19.3. The highest BCUT2D eigenvalue weighted by molar-refractivity contribution is 7.14. The lowest BCUT2D eigenvalue weighted by atomic mass is 9.81. The van der Waals surface area contributed by atoms with Gasteiger partial charge in [0.15, 0.2) is 0 Å². The second kappa shape index (κ2) is 6.66. The Hall–Kier alpha value is -2.26. The average molecular weight is 402 g/mol. The fraction of sp³-hybridized carbons (Fsp3) is 0.579. The molecule has 0 aromatic carbocycles. The van der Waals surface area contributed by atoms with Crippen LogP contribution in [0, 0.1) is 5.92 Å². The highest BCUT2D eigenvalue weighted by atomic mass is 32.1. The highest BCUT2D eigenvalue weighted by Crippen LogP contribution is 2.44. The van der Waals surface area contributed by atoms with Crippen molar-refractivity contribution in [1.82, 2.24) is 19.7 Å². The molecule has 28 heavy (non-hydrogen) atoms. The van der Waals surface area contributed by atoms with Gasteiger partial charge < -0.3 is 14.7 Å². The zero-order valence-electron chi connectivity index (χ0n) is 15.5. The molecule has 3 aliphatic rings. The van der Waals surface area contributed by atoms with Crippen LogP contribution in [-0.2, 0) is 34.5 Å². The summed E-state index contributed by atoms with van der Waals surface area (Å²) in [4.78, 5) is 32.1. The van der Waals surface area contributed by atoms with E-state index in [9.17, 15) is 14.7 Å². The van der Waals surface area contributed by atoms with E-state index in [4.69, 9.17) is 4.74 Å². The number of hydrogen-bond acceptors (Lipinski definition) is 6. The lowest BCUT2D eigenvalue weighted by molar-refractivity contribution is -0.145. The summed E-state index contributed by atoms with van der Waals surface area (Å²) in [6.45, 7) is 2.63. The number of carboxylic acid groups (broad SMARTS) is 1. The Kier molecular flexibility index (Phi) is 4.24. The SMILES string of the molecule is O=C(O)c1cc2c(s1)CCOC21CCN(C(=O)C2CCn3ncnc3C2)CC1. The first-order valence-corrected chi connectivity index (χ1v) is 10.5. The number of carbonyl (C=O) groups excluding carboxylic acids is 1. The molecule has 1 fully saturated rings. The Bertz CT molecular complexity index is 928. The van der Waals surface area contributed by atoms with Gasteiger partial charge in [-0.2, -0.15) is 5.10 Å². The number of rotatable bonds is 2. The van der Waals surface area contributed by atoms with Crippen LogP contribution >= 0.6 is 11.3 Å². The van der Waals surface area contributed by atoms with E-state index in [1.165, 1.54) is 11.3 Å². The first kappa shape index (κ1) is 17.8. The number of amides is 1. The molecule has 0 radical (unpaired) electrons. The number of likely N-dealkylation sites (tertiary alicyclic amines) is 1. The van der Waals surface area contributed by atoms with Crippen molar-refractivity contribution in [2.45, 2.75) is 44.2 Å². The smallest absolute Gasteiger partial charge is 0.345 e. The molecule has 9 heteroatoms. The molecule has 1 spiro atoms. The Balaban J connectivity index is 1.29. The molecule has 1 N–H and O–H groups in total. The number of aryl methyl sites for hydroxylation is 1. The van der Waals surface area contributed by atoms with Crippen molar-refractivity contribution in [3.8, 4) is 0 Å². The van der Waals surface area contributed by atoms with Gasteiger partial charge >= 0.3 is 5.97 Å². The normalized spacial score (nSPS) is 23.3. The third-order valence-electron chi connectivity index (χ3n) is 6.26. The number of aromatic carboxylic acids is 1. The first-order valence-electron chi connectivity index (χ1n) is 9.72. The van der Waals surface area contributed by atoms with Gasteiger partial charge in [0.05, 0.1) is 12.2 Å². The van der Waals surface area contributed by atoms with Gasteiger partial charge in [-0.05, 0) is 30.9 Å². The van der Waals surface area contributed by atoms with E-state index in [0.29, 0.717) is 43.8 Å². The van der Waals surface area contributed by atoms with E-state index in [1.54, 1.807) is 12.4 Å². The zero-order valence-corrected chi connectivity index (χ0v) is 16.3. The van der Waals surface area contributed by atoms with Crippen LogP contribution in [0.3, 0.4) is 0 Å². The Morgan fingerprint density at radius 3 is 2.89 bits per heavy atom. The van der Waals surface area contributed by atoms with E-state index in [0.717, 1.165) is 35.7 Å². The molecule has 0 bridgehead atoms. The molecule has 2 aromatic rings. The summed E-state index contributed by atoms with van der Waals surface area (Å²) in [5, 5.41) is 13.5. The molecule has 1 unspecified atom stereocenters. The summed E-state index contributed by atoms with van der Waals surface area (Å²) in [7, 11) is 0. The van der Waals surface area contributed by atoms with Crippen molar-refractivity contribution in [2.24, 2.45) is 5.92 Å². The lowest BCUT2D eigenvalue weighted by Crippen LogP contribution is -2.50. The number of carbonyl (C=O) groups is 2. The topological polar surface area (TPSA) is 97.6 Å². The van der Waals surface area contributed by atoms with Crippen LogP contribution < -0.4 is 0 Å². The van der Waals surface area contributed by atoms with Gasteiger partial charge in [0.2, 0.25) is 5.91 Å². The number of aromatic nitrogens is 3. The second-order valence-electron chi connectivity index (χ2n) is 7.76. The molecule has 1 amide bonds. The van der Waals surface area contributed by atoms with Gasteiger partial charge in [0.1, 0.15) is 17.0 Å². The van der Waals surface area contributed by atoms with E-state index < -0.39 is 11.6 Å². The molecule has 1 atom stereocenters. The fourth-order valence-electron chi connectivity index (χ4n) is 4.73. The molecule has 5 heterocycles. The molecule has 3 aliphatic heterocycles. The number of carboxylic acids is 1. The minimum atomic E-state index is -0.882. The molecule has 148 valence electrons. The standard InChI is InChI=1S/C19H22N4O4S/c24-17(12-1-5-23-16(9-12)20-11-21-23)22-6-3-19(4-7-22)13-10-15(18(25)26)28-14(13)2-8-27-19/h10-12H,1-9H2,(H,25,26). The second-order valence-corrected chi connectivity index (χ2v) is 8.90. The van der Waals surface area contributed by atoms with Crippen molar-refractivity contribution in [3.05, 3.63) is 33.5 Å². The maximum Gasteiger partial charge on any atom is 0.345 e. The number of piperidine rings is 1. The maximum absolute atomic E-state index is 13.0. The summed E-state index contributed by atoms with van der Waals surface area (Å²) in [5.41, 5.74) is 0.584. The Morgan fingerprint density at radius 2 is 2.11 bits per heavy atom. The lowest BCUT2D eigenvalue weighted by Gasteiger charge is -2.44. The Labute approximate surface area is 166 Å². The van der Waals surface area contributed by atoms with E-state index in [-0.39, 0.29) is 11.8 Å². The first-order chi connectivity index (χ1) is 13.6. The van der Waals surface area contributed by atoms with Crippen LogP contribution in [-0.4, -0.2) is 56.3 Å². The molecule has 2 aromatic heterocycles. The molecule has 5 rings (SSSR count). The number of thiophene rings is 1. The Morgan fingerprint density at radius 1 is 1.29 bits per heavy atom. The van der Waals surface area contributed by atoms with Crippen LogP contribution in [0.1, 0.15) is 45.2 Å². The molecular formula is C19H22N4O4S. The van der Waals surface area contributed by atoms with E-state index in [1.807, 2.05) is 9.58 Å². The van der Waals surface area contributed by atoms with Gasteiger partial charge in [-0.1, -0.05) is 0 Å². The molecule has 0 saturated carbocycles. The van der Waals surface area contributed by atoms with E-state index in [2.05, 4.69) is 10.1 Å². The molecule has 1 saturated heterocycles. The summed E-state index contributed by atoms with van der Waals surface area (Å²) >= 11 is 1.36. The molecule has 0 aliphatic carbocycles. The van der Waals surface area contributed by atoms with Crippen LogP contribution in [0.25, 0.3) is 0 Å². The minimum Gasteiger partial charge on any atom is -0.477 e. The van der Waals surface area contributed by atoms with Gasteiger partial charge in [-0.15, -0.1) is 11.3 Å². The van der Waals surface area contributed by atoms with E-state index >= 15 is 0 Å². The monoisotopic (exact) mass is 402 g/mol. The predicted octanol–water partition coefficient (Wildman–Crippen LogP) is 1.69. The van der Waals surface area contributed by atoms with Crippen molar-refractivity contribution in [1.29, 1.82) is 0 Å². The summed E-state index contributed by atoms with van der Waals surface area (Å²) in [6, 6.07) is 1.78. The predicted molar refractivity (Wildman–Crippen MR) is 100 cm³/mol. The van der Waals surface area contributed by atoms with Crippen LogP contribution in [0.4, 0.5) is 0 Å². The number of ether oxygens (including phenoxy) is 1. The van der Waals surface area contributed by atoms with Gasteiger partial charge in [0, 0.05) is 43.3 Å². The van der Waals surface area contributed by atoms with Gasteiger partial charge in [-0.3, -0.25) is 9.48 Å². The largest absolute Gasteiger partial charge is 0.477 e. The van der Waals surface area contributed by atoms with Crippen LogP contribution in [0.15, 0.2) is 12.4 Å². The van der Waals surface area contributed by atoms with Crippen molar-refractivity contribution in [3.63, 3.8) is 0 Å². The number of nitrogens with zero attached hydrogens (tertiary/aromatic N) is 4. The summed E-state index contributed by atoms with van der Waals surface area (Å²) < 4.78 is 8.07. The average Bonchev–Trinajstić information content (AvgIpc) is 3.35. The molecular weight excluding hydrogens is 380 g/mol. The summed E-state index contributed by atoms with van der Waals surface area (Å²) in [6.07, 6.45) is 5.18. The van der Waals surface area contributed by atoms with Crippen LogP contribution in [0.2, 0.25) is 0 Å². The van der Waals surface area contributed by atoms with Gasteiger partial charge in [0.25, 0.3) is 0 Å². The number of hydrogen-bond donors (Lipinski definition) is 1. The highest BCUT2D eigenvalue weighted by Gasteiger charge is 2.44. The third-order valence-corrected chi connectivity index (χ3v) is 7.45. The fourth-order valence-corrected chi connectivity index (χ4v) is 5.80. The maximum atomic E-state index is 13.0. The quantitative estimate of drug-likeness (QED) is 0.821.